The second kappa shape index (κ2) is 6.96. The third kappa shape index (κ3) is 3.88. The van der Waals surface area contributed by atoms with Crippen LogP contribution in [-0.4, -0.2) is 15.5 Å². The van der Waals surface area contributed by atoms with Gasteiger partial charge in [-0.2, -0.15) is 0 Å². The monoisotopic (exact) mass is 309 g/mol. The minimum absolute atomic E-state index is 0.0209. The Labute approximate surface area is 135 Å². The van der Waals surface area contributed by atoms with Crippen molar-refractivity contribution in [1.29, 1.82) is 0 Å². The molecule has 0 saturated carbocycles. The van der Waals surface area contributed by atoms with E-state index in [1.807, 2.05) is 54.1 Å². The van der Waals surface area contributed by atoms with Gasteiger partial charge in [0.1, 0.15) is 5.76 Å². The molecule has 23 heavy (non-hydrogen) atoms. The van der Waals surface area contributed by atoms with E-state index in [4.69, 9.17) is 4.42 Å². The standard InChI is InChI=1S/C18H19N3O2/c1-14(20-18(22)9-8-17-3-2-12-23-17)15-4-6-16(7-5-15)21-11-10-19-13-21/h2-7,10-14H,8-9H2,1H3,(H,20,22)/t14-/m1/s1. The normalized spacial score (nSPS) is 12.0. The molecule has 0 saturated heterocycles. The first-order valence-electron chi connectivity index (χ1n) is 7.62. The molecule has 3 rings (SSSR count). The van der Waals surface area contributed by atoms with Gasteiger partial charge in [0.05, 0.1) is 18.6 Å². The van der Waals surface area contributed by atoms with Gasteiger partial charge in [-0.05, 0) is 36.8 Å². The average Bonchev–Trinajstić information content (AvgIpc) is 3.26. The van der Waals surface area contributed by atoms with E-state index in [2.05, 4.69) is 10.3 Å². The summed E-state index contributed by atoms with van der Waals surface area (Å²) in [7, 11) is 0. The maximum absolute atomic E-state index is 12.0. The van der Waals surface area contributed by atoms with Gasteiger partial charge in [-0.25, -0.2) is 4.98 Å². The van der Waals surface area contributed by atoms with Gasteiger partial charge in [-0.1, -0.05) is 12.1 Å². The number of furan rings is 1. The van der Waals surface area contributed by atoms with Crippen LogP contribution in [0.4, 0.5) is 0 Å². The lowest BCUT2D eigenvalue weighted by Gasteiger charge is -2.15. The molecule has 0 fully saturated rings. The van der Waals surface area contributed by atoms with Gasteiger partial charge in [0.15, 0.2) is 0 Å². The molecule has 0 unspecified atom stereocenters. The zero-order valence-corrected chi connectivity index (χ0v) is 13.0. The van der Waals surface area contributed by atoms with E-state index in [9.17, 15) is 4.79 Å². The number of aromatic nitrogens is 2. The molecular formula is C18H19N3O2. The zero-order chi connectivity index (χ0) is 16.1. The number of imidazole rings is 1. The largest absolute Gasteiger partial charge is 0.469 e. The summed E-state index contributed by atoms with van der Waals surface area (Å²) in [5.41, 5.74) is 2.11. The Bertz CT molecular complexity index is 731. The van der Waals surface area contributed by atoms with Crippen molar-refractivity contribution >= 4 is 5.91 Å². The number of nitrogens with zero attached hydrogens (tertiary/aromatic N) is 2. The summed E-state index contributed by atoms with van der Waals surface area (Å²) in [4.78, 5) is 16.0. The third-order valence-corrected chi connectivity index (χ3v) is 3.75. The maximum Gasteiger partial charge on any atom is 0.220 e. The lowest BCUT2D eigenvalue weighted by Crippen LogP contribution is -2.26. The van der Waals surface area contributed by atoms with Gasteiger partial charge in [0.25, 0.3) is 0 Å². The fourth-order valence-electron chi connectivity index (χ4n) is 2.44. The molecule has 0 aliphatic heterocycles. The van der Waals surface area contributed by atoms with E-state index in [0.717, 1.165) is 17.0 Å². The van der Waals surface area contributed by atoms with Gasteiger partial charge < -0.3 is 14.3 Å². The number of hydrogen-bond acceptors (Lipinski definition) is 3. The Morgan fingerprint density at radius 1 is 1.30 bits per heavy atom. The van der Waals surface area contributed by atoms with Crippen LogP contribution in [0.3, 0.4) is 0 Å². The summed E-state index contributed by atoms with van der Waals surface area (Å²) in [6, 6.07) is 11.8. The number of nitrogens with one attached hydrogen (secondary N) is 1. The summed E-state index contributed by atoms with van der Waals surface area (Å²) < 4.78 is 7.18. The van der Waals surface area contributed by atoms with E-state index < -0.39 is 0 Å². The van der Waals surface area contributed by atoms with Gasteiger partial charge in [0, 0.05) is 30.9 Å². The molecule has 0 aliphatic carbocycles. The topological polar surface area (TPSA) is 60.1 Å². The summed E-state index contributed by atoms with van der Waals surface area (Å²) >= 11 is 0. The number of aryl methyl sites for hydroxylation is 1. The van der Waals surface area contributed by atoms with Crippen LogP contribution in [0.25, 0.3) is 5.69 Å². The molecule has 1 amide bonds. The lowest BCUT2D eigenvalue weighted by atomic mass is 10.1. The quantitative estimate of drug-likeness (QED) is 0.760. The number of carbonyl (C=O) groups is 1. The van der Waals surface area contributed by atoms with Crippen molar-refractivity contribution in [2.24, 2.45) is 0 Å². The lowest BCUT2D eigenvalue weighted by molar-refractivity contribution is -0.121. The molecular weight excluding hydrogens is 290 g/mol. The van der Waals surface area contributed by atoms with Crippen LogP contribution >= 0.6 is 0 Å². The van der Waals surface area contributed by atoms with Crippen LogP contribution in [0, 0.1) is 0 Å². The highest BCUT2D eigenvalue weighted by molar-refractivity contribution is 5.76. The fraction of sp³-hybridized carbons (Fsp3) is 0.222. The summed E-state index contributed by atoms with van der Waals surface area (Å²) in [5.74, 6) is 0.852. The molecule has 118 valence electrons. The number of hydrogen-bond donors (Lipinski definition) is 1. The molecule has 0 aliphatic rings. The molecule has 1 aromatic carbocycles. The van der Waals surface area contributed by atoms with Crippen molar-refractivity contribution in [3.63, 3.8) is 0 Å². The van der Waals surface area contributed by atoms with Crippen molar-refractivity contribution in [3.05, 3.63) is 72.7 Å². The van der Waals surface area contributed by atoms with E-state index in [1.54, 1.807) is 18.8 Å². The van der Waals surface area contributed by atoms with Crippen LogP contribution in [0.1, 0.15) is 30.7 Å². The molecule has 3 aromatic rings. The molecule has 2 heterocycles. The van der Waals surface area contributed by atoms with E-state index >= 15 is 0 Å². The van der Waals surface area contributed by atoms with E-state index in [0.29, 0.717) is 12.8 Å². The predicted octanol–water partition coefficient (Wildman–Crippen LogP) is 3.28. The highest BCUT2D eigenvalue weighted by Crippen LogP contribution is 2.16. The Kier molecular flexibility index (Phi) is 4.57. The molecule has 1 N–H and O–H groups in total. The first-order chi connectivity index (χ1) is 11.2. The SMILES string of the molecule is C[C@@H](NC(=O)CCc1ccco1)c1ccc(-n2ccnc2)cc1. The van der Waals surface area contributed by atoms with Crippen LogP contribution in [0.5, 0.6) is 0 Å². The molecule has 0 radical (unpaired) electrons. The van der Waals surface area contributed by atoms with Crippen molar-refractivity contribution in [2.75, 3.05) is 0 Å². The minimum Gasteiger partial charge on any atom is -0.469 e. The van der Waals surface area contributed by atoms with Gasteiger partial charge >= 0.3 is 0 Å². The second-order valence-electron chi connectivity index (χ2n) is 5.43. The summed E-state index contributed by atoms with van der Waals surface area (Å²) in [5, 5.41) is 3.01. The smallest absolute Gasteiger partial charge is 0.220 e. The average molecular weight is 309 g/mol. The Hall–Kier alpha value is -2.82. The van der Waals surface area contributed by atoms with Gasteiger partial charge in [-0.3, -0.25) is 4.79 Å². The second-order valence-corrected chi connectivity index (χ2v) is 5.43. The van der Waals surface area contributed by atoms with Crippen molar-refractivity contribution < 1.29 is 9.21 Å². The molecule has 0 spiro atoms. The number of rotatable bonds is 6. The highest BCUT2D eigenvalue weighted by atomic mass is 16.3. The Balaban J connectivity index is 1.55. The van der Waals surface area contributed by atoms with Crippen molar-refractivity contribution in [2.45, 2.75) is 25.8 Å². The highest BCUT2D eigenvalue weighted by Gasteiger charge is 2.10. The van der Waals surface area contributed by atoms with Crippen molar-refractivity contribution in [3.8, 4) is 5.69 Å². The van der Waals surface area contributed by atoms with Crippen molar-refractivity contribution in [1.82, 2.24) is 14.9 Å². The van der Waals surface area contributed by atoms with Gasteiger partial charge in [0.2, 0.25) is 5.91 Å². The molecule has 1 atom stereocenters. The molecule has 5 nitrogen and oxygen atoms in total. The van der Waals surface area contributed by atoms with Crippen LogP contribution in [0.15, 0.2) is 65.8 Å². The van der Waals surface area contributed by atoms with Gasteiger partial charge in [-0.15, -0.1) is 0 Å². The third-order valence-electron chi connectivity index (χ3n) is 3.75. The number of amides is 1. The predicted molar refractivity (Wildman–Crippen MR) is 87.2 cm³/mol. The maximum atomic E-state index is 12.0. The zero-order valence-electron chi connectivity index (χ0n) is 13.0. The van der Waals surface area contributed by atoms with Crippen LogP contribution in [-0.2, 0) is 11.2 Å². The summed E-state index contributed by atoms with van der Waals surface area (Å²) in [6.45, 7) is 1.98. The van der Waals surface area contributed by atoms with Crippen LogP contribution in [0.2, 0.25) is 0 Å². The van der Waals surface area contributed by atoms with Crippen LogP contribution < -0.4 is 5.32 Å². The number of benzene rings is 1. The first-order valence-corrected chi connectivity index (χ1v) is 7.62. The Morgan fingerprint density at radius 2 is 2.13 bits per heavy atom. The molecule has 2 aromatic heterocycles. The fourth-order valence-corrected chi connectivity index (χ4v) is 2.44. The Morgan fingerprint density at radius 3 is 2.78 bits per heavy atom. The van der Waals surface area contributed by atoms with E-state index in [-0.39, 0.29) is 11.9 Å². The first kappa shape index (κ1) is 15.1. The minimum atomic E-state index is -0.0315. The molecule has 0 bridgehead atoms. The molecule has 5 heteroatoms. The van der Waals surface area contributed by atoms with E-state index in [1.165, 1.54) is 0 Å². The summed E-state index contributed by atoms with van der Waals surface area (Å²) in [6.07, 6.45) is 8.06. The number of carbonyl (C=O) groups excluding carboxylic acids is 1.